The Morgan fingerprint density at radius 2 is 2.10 bits per heavy atom. The van der Waals surface area contributed by atoms with Crippen LogP contribution in [0.2, 0.25) is 5.02 Å². The topological polar surface area (TPSA) is 79.5 Å². The van der Waals surface area contributed by atoms with Crippen LogP contribution in [-0.2, 0) is 6.42 Å². The Morgan fingerprint density at radius 1 is 1.35 bits per heavy atom. The van der Waals surface area contributed by atoms with E-state index in [-0.39, 0.29) is 16.5 Å². The number of carbonyl (C=O) groups excluding carboxylic acids is 1. The minimum atomic E-state index is -1.11. The highest BCUT2D eigenvalue weighted by Gasteiger charge is 2.14. The molecule has 1 amide bonds. The zero-order valence-corrected chi connectivity index (χ0v) is 11.4. The van der Waals surface area contributed by atoms with Gasteiger partial charge in [0.25, 0.3) is 5.91 Å². The summed E-state index contributed by atoms with van der Waals surface area (Å²) in [5.74, 6) is -0.905. The summed E-state index contributed by atoms with van der Waals surface area (Å²) in [5, 5.41) is 11.8. The molecule has 0 bridgehead atoms. The van der Waals surface area contributed by atoms with E-state index in [1.165, 1.54) is 24.5 Å². The van der Waals surface area contributed by atoms with Gasteiger partial charge in [-0.15, -0.1) is 0 Å². The molecule has 0 unspecified atom stereocenters. The minimum Gasteiger partial charge on any atom is -0.478 e. The molecule has 0 aliphatic rings. The lowest BCUT2D eigenvalue weighted by atomic mass is 10.1. The molecule has 0 aliphatic heterocycles. The third kappa shape index (κ3) is 3.00. The molecule has 0 saturated heterocycles. The Hall–Kier alpha value is -2.27. The van der Waals surface area contributed by atoms with Gasteiger partial charge in [-0.3, -0.25) is 4.79 Å². The van der Waals surface area contributed by atoms with Crippen LogP contribution in [0, 0.1) is 0 Å². The van der Waals surface area contributed by atoms with Crippen molar-refractivity contribution < 1.29 is 19.1 Å². The second kappa shape index (κ2) is 5.79. The number of carboxylic acid groups (broad SMARTS) is 1. The van der Waals surface area contributed by atoms with E-state index in [0.29, 0.717) is 23.4 Å². The third-order valence-electron chi connectivity index (χ3n) is 2.71. The number of rotatable bonds is 4. The van der Waals surface area contributed by atoms with Crippen molar-refractivity contribution in [2.75, 3.05) is 5.32 Å². The van der Waals surface area contributed by atoms with Crippen LogP contribution in [0.3, 0.4) is 0 Å². The number of aromatic carboxylic acids is 1. The van der Waals surface area contributed by atoms with E-state index >= 15 is 0 Å². The highest BCUT2D eigenvalue weighted by Crippen LogP contribution is 2.21. The van der Waals surface area contributed by atoms with Crippen LogP contribution in [0.5, 0.6) is 0 Å². The number of carboxylic acids is 1. The average molecular weight is 294 g/mol. The highest BCUT2D eigenvalue weighted by molar-refractivity contribution is 6.31. The molecule has 2 rings (SSSR count). The minimum absolute atomic E-state index is 0.00992. The molecule has 0 saturated carbocycles. The second-order valence-corrected chi connectivity index (χ2v) is 4.54. The SMILES string of the molecule is CCc1occc1C(=O)Nc1cc(Cl)cc(C(=O)O)c1. The van der Waals surface area contributed by atoms with E-state index in [0.717, 1.165) is 0 Å². The molecule has 1 aromatic carbocycles. The van der Waals surface area contributed by atoms with Gasteiger partial charge in [0, 0.05) is 17.1 Å². The molecule has 0 atom stereocenters. The largest absolute Gasteiger partial charge is 0.478 e. The molecule has 2 N–H and O–H groups in total. The normalized spacial score (nSPS) is 10.3. The van der Waals surface area contributed by atoms with Crippen LogP contribution < -0.4 is 5.32 Å². The van der Waals surface area contributed by atoms with Gasteiger partial charge in [-0.25, -0.2) is 4.79 Å². The lowest BCUT2D eigenvalue weighted by Crippen LogP contribution is -2.13. The number of carbonyl (C=O) groups is 2. The first kappa shape index (κ1) is 14.1. The van der Waals surface area contributed by atoms with E-state index in [4.69, 9.17) is 21.1 Å². The first-order valence-electron chi connectivity index (χ1n) is 5.93. The smallest absolute Gasteiger partial charge is 0.335 e. The Balaban J connectivity index is 2.26. The number of benzene rings is 1. The van der Waals surface area contributed by atoms with Crippen LogP contribution in [0.25, 0.3) is 0 Å². The molecule has 5 nitrogen and oxygen atoms in total. The maximum Gasteiger partial charge on any atom is 0.335 e. The number of aryl methyl sites for hydroxylation is 1. The van der Waals surface area contributed by atoms with Crippen molar-refractivity contribution in [1.29, 1.82) is 0 Å². The fraction of sp³-hybridized carbons (Fsp3) is 0.143. The van der Waals surface area contributed by atoms with Crippen LogP contribution >= 0.6 is 11.6 Å². The molecular weight excluding hydrogens is 282 g/mol. The molecule has 6 heteroatoms. The summed E-state index contributed by atoms with van der Waals surface area (Å²) in [6, 6.07) is 5.71. The first-order valence-corrected chi connectivity index (χ1v) is 6.30. The van der Waals surface area contributed by atoms with Gasteiger partial charge in [0.05, 0.1) is 17.4 Å². The summed E-state index contributed by atoms with van der Waals surface area (Å²) in [6.45, 7) is 1.87. The monoisotopic (exact) mass is 293 g/mol. The average Bonchev–Trinajstić information content (AvgIpc) is 2.86. The lowest BCUT2D eigenvalue weighted by molar-refractivity contribution is 0.0696. The van der Waals surface area contributed by atoms with Crippen LogP contribution in [0.15, 0.2) is 34.9 Å². The maximum absolute atomic E-state index is 12.1. The summed E-state index contributed by atoms with van der Waals surface area (Å²) in [6.07, 6.45) is 2.03. The van der Waals surface area contributed by atoms with Crippen LogP contribution in [0.1, 0.15) is 33.4 Å². The molecule has 0 aliphatic carbocycles. The Morgan fingerprint density at radius 3 is 2.75 bits per heavy atom. The van der Waals surface area contributed by atoms with Crippen LogP contribution in [-0.4, -0.2) is 17.0 Å². The molecule has 0 spiro atoms. The van der Waals surface area contributed by atoms with Crippen molar-refractivity contribution in [3.05, 3.63) is 52.4 Å². The fourth-order valence-electron chi connectivity index (χ4n) is 1.80. The first-order chi connectivity index (χ1) is 9.51. The van der Waals surface area contributed by atoms with E-state index in [9.17, 15) is 9.59 Å². The second-order valence-electron chi connectivity index (χ2n) is 4.10. The third-order valence-corrected chi connectivity index (χ3v) is 2.93. The van der Waals surface area contributed by atoms with Gasteiger partial charge in [0.1, 0.15) is 5.76 Å². The molecular formula is C14H12ClNO4. The van der Waals surface area contributed by atoms with E-state index < -0.39 is 5.97 Å². The Bertz CT molecular complexity index is 663. The summed E-state index contributed by atoms with van der Waals surface area (Å²) in [5.41, 5.74) is 0.753. The quantitative estimate of drug-likeness (QED) is 0.905. The maximum atomic E-state index is 12.1. The van der Waals surface area contributed by atoms with Gasteiger partial charge in [0.15, 0.2) is 0 Å². The Kier molecular flexibility index (Phi) is 4.10. The standard InChI is InChI=1S/C14H12ClNO4/c1-2-12-11(3-4-20-12)13(17)16-10-6-8(14(18)19)5-9(15)7-10/h3-7H,2H2,1H3,(H,16,17)(H,18,19). The Labute approximate surface area is 120 Å². The molecule has 1 heterocycles. The van der Waals surface area contributed by atoms with Gasteiger partial charge in [-0.05, 0) is 24.3 Å². The van der Waals surface area contributed by atoms with Crippen molar-refractivity contribution >= 4 is 29.2 Å². The predicted octanol–water partition coefficient (Wildman–Crippen LogP) is 3.45. The predicted molar refractivity (Wildman–Crippen MR) is 74.5 cm³/mol. The zero-order valence-electron chi connectivity index (χ0n) is 10.6. The van der Waals surface area contributed by atoms with Gasteiger partial charge in [-0.1, -0.05) is 18.5 Å². The number of amides is 1. The van der Waals surface area contributed by atoms with E-state index in [1.807, 2.05) is 6.92 Å². The van der Waals surface area contributed by atoms with Crippen molar-refractivity contribution in [3.63, 3.8) is 0 Å². The van der Waals surface area contributed by atoms with Gasteiger partial charge in [-0.2, -0.15) is 0 Å². The fourth-order valence-corrected chi connectivity index (χ4v) is 2.04. The highest BCUT2D eigenvalue weighted by atomic mass is 35.5. The number of hydrogen-bond donors (Lipinski definition) is 2. The van der Waals surface area contributed by atoms with Crippen LogP contribution in [0.4, 0.5) is 5.69 Å². The zero-order chi connectivity index (χ0) is 14.7. The molecule has 0 fully saturated rings. The van der Waals surface area contributed by atoms with Gasteiger partial charge in [0.2, 0.25) is 0 Å². The summed E-state index contributed by atoms with van der Waals surface area (Å²) < 4.78 is 5.18. The summed E-state index contributed by atoms with van der Waals surface area (Å²) in [7, 11) is 0. The van der Waals surface area contributed by atoms with Gasteiger partial charge >= 0.3 is 5.97 Å². The van der Waals surface area contributed by atoms with Crippen molar-refractivity contribution in [3.8, 4) is 0 Å². The van der Waals surface area contributed by atoms with E-state index in [2.05, 4.69) is 5.32 Å². The van der Waals surface area contributed by atoms with Crippen molar-refractivity contribution in [2.24, 2.45) is 0 Å². The number of anilines is 1. The van der Waals surface area contributed by atoms with Gasteiger partial charge < -0.3 is 14.8 Å². The summed E-state index contributed by atoms with van der Waals surface area (Å²) in [4.78, 5) is 23.0. The molecule has 104 valence electrons. The lowest BCUT2D eigenvalue weighted by Gasteiger charge is -2.06. The number of hydrogen-bond acceptors (Lipinski definition) is 3. The molecule has 0 radical (unpaired) electrons. The molecule has 20 heavy (non-hydrogen) atoms. The van der Waals surface area contributed by atoms with E-state index in [1.54, 1.807) is 6.07 Å². The number of nitrogens with one attached hydrogen (secondary N) is 1. The number of furan rings is 1. The molecule has 1 aromatic heterocycles. The van der Waals surface area contributed by atoms with Crippen molar-refractivity contribution in [1.82, 2.24) is 0 Å². The molecule has 2 aromatic rings. The number of halogens is 1. The summed E-state index contributed by atoms with van der Waals surface area (Å²) >= 11 is 5.83. The van der Waals surface area contributed by atoms with Crippen molar-refractivity contribution in [2.45, 2.75) is 13.3 Å².